The van der Waals surface area contributed by atoms with Gasteiger partial charge in [-0.2, -0.15) is 18.3 Å². The van der Waals surface area contributed by atoms with E-state index in [2.05, 4.69) is 5.10 Å². The van der Waals surface area contributed by atoms with Crippen LogP contribution in [0.4, 0.5) is 22.0 Å². The number of halogens is 6. The first-order chi connectivity index (χ1) is 13.3. The van der Waals surface area contributed by atoms with E-state index in [0.29, 0.717) is 34.7 Å². The molecule has 4 nitrogen and oxygen atoms in total. The summed E-state index contributed by atoms with van der Waals surface area (Å²) >= 11 is 5.97. The Bertz CT molecular complexity index is 1200. The van der Waals surface area contributed by atoms with Crippen molar-refractivity contribution >= 4 is 21.4 Å². The van der Waals surface area contributed by atoms with E-state index in [9.17, 15) is 30.4 Å². The van der Waals surface area contributed by atoms with Crippen molar-refractivity contribution in [1.29, 1.82) is 0 Å². The zero-order valence-corrected chi connectivity index (χ0v) is 16.4. The molecule has 29 heavy (non-hydrogen) atoms. The lowest BCUT2D eigenvalue weighted by atomic mass is 10.1. The fraction of sp³-hybridized carbons (Fsp3) is 0.167. The molecule has 3 rings (SSSR count). The summed E-state index contributed by atoms with van der Waals surface area (Å²) in [5, 5.41) is 3.60. The third-order valence-corrected chi connectivity index (χ3v) is 5.30. The number of sulfone groups is 1. The zero-order chi connectivity index (χ0) is 21.7. The summed E-state index contributed by atoms with van der Waals surface area (Å²) in [6, 6.07) is 5.98. The van der Waals surface area contributed by atoms with Crippen LogP contribution in [0.5, 0.6) is 0 Å². The Labute approximate surface area is 167 Å². The van der Waals surface area contributed by atoms with E-state index < -0.39 is 43.9 Å². The SMILES string of the molecule is Cc1cc(Cl)cc(-c2cc(C(F)(F)F)nn2-c2cc(F)c(S(C)(=O)=O)cc2F)c1. The van der Waals surface area contributed by atoms with Crippen LogP contribution in [0.25, 0.3) is 16.9 Å². The molecule has 0 amide bonds. The van der Waals surface area contributed by atoms with Crippen molar-refractivity contribution in [2.24, 2.45) is 0 Å². The topological polar surface area (TPSA) is 52.0 Å². The third-order valence-electron chi connectivity index (χ3n) is 3.97. The van der Waals surface area contributed by atoms with E-state index in [0.717, 1.165) is 0 Å². The predicted octanol–water partition coefficient (Wildman–Crippen LogP) is 5.20. The second-order valence-electron chi connectivity index (χ2n) is 6.35. The number of aromatic nitrogens is 2. The molecule has 0 aliphatic heterocycles. The lowest BCUT2D eigenvalue weighted by molar-refractivity contribution is -0.141. The molecule has 0 saturated carbocycles. The van der Waals surface area contributed by atoms with Crippen LogP contribution in [-0.4, -0.2) is 24.5 Å². The van der Waals surface area contributed by atoms with Crippen molar-refractivity contribution in [2.45, 2.75) is 18.0 Å². The van der Waals surface area contributed by atoms with E-state index in [1.165, 1.54) is 12.1 Å². The number of benzene rings is 2. The molecular weight excluding hydrogens is 439 g/mol. The van der Waals surface area contributed by atoms with E-state index in [-0.39, 0.29) is 16.3 Å². The van der Waals surface area contributed by atoms with Crippen molar-refractivity contribution in [1.82, 2.24) is 9.78 Å². The minimum atomic E-state index is -4.85. The highest BCUT2D eigenvalue weighted by atomic mass is 35.5. The Morgan fingerprint density at radius 1 is 1.00 bits per heavy atom. The summed E-state index contributed by atoms with van der Waals surface area (Å²) in [5.41, 5.74) is -1.42. The van der Waals surface area contributed by atoms with E-state index in [4.69, 9.17) is 11.6 Å². The van der Waals surface area contributed by atoms with Crippen LogP contribution in [0, 0.1) is 18.6 Å². The van der Waals surface area contributed by atoms with Crippen LogP contribution >= 0.6 is 11.6 Å². The minimum Gasteiger partial charge on any atom is -0.229 e. The number of hydrogen-bond donors (Lipinski definition) is 0. The predicted molar refractivity (Wildman–Crippen MR) is 96.8 cm³/mol. The summed E-state index contributed by atoms with van der Waals surface area (Å²) in [7, 11) is -4.09. The van der Waals surface area contributed by atoms with Crippen molar-refractivity contribution in [3.05, 3.63) is 64.3 Å². The van der Waals surface area contributed by atoms with Gasteiger partial charge >= 0.3 is 6.18 Å². The van der Waals surface area contributed by atoms with Gasteiger partial charge in [-0.25, -0.2) is 21.9 Å². The van der Waals surface area contributed by atoms with Gasteiger partial charge in [0.1, 0.15) is 22.2 Å². The highest BCUT2D eigenvalue weighted by Crippen LogP contribution is 2.35. The Kier molecular flexibility index (Phi) is 5.20. The summed E-state index contributed by atoms with van der Waals surface area (Å²) in [6.07, 6.45) is -4.17. The highest BCUT2D eigenvalue weighted by Gasteiger charge is 2.36. The van der Waals surface area contributed by atoms with Gasteiger partial charge in [-0.05, 0) is 42.8 Å². The normalized spacial score (nSPS) is 12.4. The molecule has 1 heterocycles. The van der Waals surface area contributed by atoms with Crippen molar-refractivity contribution in [3.8, 4) is 16.9 Å². The Balaban J connectivity index is 2.32. The van der Waals surface area contributed by atoms with Crippen LogP contribution in [-0.2, 0) is 16.0 Å². The number of aryl methyl sites for hydroxylation is 1. The van der Waals surface area contributed by atoms with Crippen molar-refractivity contribution in [3.63, 3.8) is 0 Å². The van der Waals surface area contributed by atoms with Gasteiger partial charge in [-0.1, -0.05) is 11.6 Å². The molecule has 3 aromatic rings. The summed E-state index contributed by atoms with van der Waals surface area (Å²) in [5.74, 6) is -2.58. The number of hydrogen-bond acceptors (Lipinski definition) is 3. The Morgan fingerprint density at radius 2 is 1.66 bits per heavy atom. The van der Waals surface area contributed by atoms with E-state index >= 15 is 0 Å². The largest absolute Gasteiger partial charge is 0.435 e. The number of nitrogens with zero attached hydrogens (tertiary/aromatic N) is 2. The van der Waals surface area contributed by atoms with Crippen molar-refractivity contribution in [2.75, 3.05) is 6.26 Å². The summed E-state index contributed by atoms with van der Waals surface area (Å²) < 4.78 is 92.2. The van der Waals surface area contributed by atoms with Gasteiger partial charge in [-0.15, -0.1) is 0 Å². The molecule has 0 fully saturated rings. The first kappa shape index (κ1) is 21.3. The first-order valence-electron chi connectivity index (χ1n) is 7.91. The molecule has 0 radical (unpaired) electrons. The molecule has 0 bridgehead atoms. The highest BCUT2D eigenvalue weighted by molar-refractivity contribution is 7.90. The van der Waals surface area contributed by atoms with Gasteiger partial charge in [0.15, 0.2) is 15.5 Å². The second-order valence-corrected chi connectivity index (χ2v) is 8.77. The fourth-order valence-electron chi connectivity index (χ4n) is 2.76. The molecule has 2 aromatic carbocycles. The van der Waals surface area contributed by atoms with Gasteiger partial charge in [0.05, 0.1) is 5.69 Å². The lowest BCUT2D eigenvalue weighted by Crippen LogP contribution is -2.10. The van der Waals surface area contributed by atoms with E-state index in [1.807, 2.05) is 0 Å². The minimum absolute atomic E-state index is 0.185. The summed E-state index contributed by atoms with van der Waals surface area (Å²) in [6.45, 7) is 1.65. The molecule has 0 aliphatic carbocycles. The first-order valence-corrected chi connectivity index (χ1v) is 10.2. The van der Waals surface area contributed by atoms with Crippen LogP contribution in [0.3, 0.4) is 0 Å². The number of rotatable bonds is 3. The molecule has 154 valence electrons. The van der Waals surface area contributed by atoms with Gasteiger partial charge < -0.3 is 0 Å². The maximum atomic E-state index is 14.6. The van der Waals surface area contributed by atoms with E-state index in [1.54, 1.807) is 13.0 Å². The smallest absolute Gasteiger partial charge is 0.229 e. The monoisotopic (exact) mass is 450 g/mol. The fourth-order valence-corrected chi connectivity index (χ4v) is 3.78. The van der Waals surface area contributed by atoms with Gasteiger partial charge in [-0.3, -0.25) is 0 Å². The Morgan fingerprint density at radius 3 is 2.21 bits per heavy atom. The molecule has 0 atom stereocenters. The average Bonchev–Trinajstić information content (AvgIpc) is 3.00. The standard InChI is InChI=1S/C18H12ClF5N2O2S/c1-9-3-10(5-11(19)4-9)14-8-17(18(22,23)24)25-26(14)15-6-13(21)16(7-12(15)20)29(2,27)28/h3-8H,1-2H3. The molecule has 0 spiro atoms. The zero-order valence-electron chi connectivity index (χ0n) is 14.9. The van der Waals surface area contributed by atoms with Crippen LogP contribution < -0.4 is 0 Å². The maximum Gasteiger partial charge on any atom is 0.435 e. The van der Waals surface area contributed by atoms with Crippen molar-refractivity contribution < 1.29 is 30.4 Å². The van der Waals surface area contributed by atoms with Gasteiger partial charge in [0.2, 0.25) is 0 Å². The third kappa shape index (κ3) is 4.27. The molecule has 0 unspecified atom stereocenters. The lowest BCUT2D eigenvalue weighted by Gasteiger charge is -2.11. The maximum absolute atomic E-state index is 14.6. The van der Waals surface area contributed by atoms with Gasteiger partial charge in [0, 0.05) is 22.9 Å². The molecule has 1 aromatic heterocycles. The van der Waals surface area contributed by atoms with Crippen LogP contribution in [0.1, 0.15) is 11.3 Å². The average molecular weight is 451 g/mol. The van der Waals surface area contributed by atoms with Crippen LogP contribution in [0.2, 0.25) is 5.02 Å². The summed E-state index contributed by atoms with van der Waals surface area (Å²) in [4.78, 5) is -0.915. The van der Waals surface area contributed by atoms with Gasteiger partial charge in [0.25, 0.3) is 0 Å². The molecule has 11 heteroatoms. The molecule has 0 saturated heterocycles. The molecule has 0 aliphatic rings. The van der Waals surface area contributed by atoms with Crippen LogP contribution in [0.15, 0.2) is 41.3 Å². The molecule has 0 N–H and O–H groups in total. The Hall–Kier alpha value is -2.46. The number of alkyl halides is 3. The second kappa shape index (κ2) is 7.10. The quantitative estimate of drug-likeness (QED) is 0.515. The molecular formula is C18H12ClF5N2O2S.